The van der Waals surface area contributed by atoms with Crippen molar-refractivity contribution in [1.82, 2.24) is 0 Å². The van der Waals surface area contributed by atoms with Gasteiger partial charge in [0.25, 0.3) is 0 Å². The molecule has 0 heterocycles. The first-order valence-corrected chi connectivity index (χ1v) is 7.88. The van der Waals surface area contributed by atoms with E-state index in [4.69, 9.17) is 0 Å². The Morgan fingerprint density at radius 2 is 1.21 bits per heavy atom. The zero-order valence-electron chi connectivity index (χ0n) is 13.9. The van der Waals surface area contributed by atoms with E-state index in [0.29, 0.717) is 11.1 Å². The number of hydrogen-bond acceptors (Lipinski definition) is 3. The monoisotopic (exact) mass is 316 g/mol. The Kier molecular flexibility index (Phi) is 4.62. The minimum absolute atomic E-state index is 0.0393. The number of carbonyl (C=O) groups is 1. The van der Waals surface area contributed by atoms with Crippen molar-refractivity contribution >= 4 is 22.8 Å². The number of carbonyl (C=O) groups excluding carboxylic acids is 1. The quantitative estimate of drug-likeness (QED) is 0.691. The first-order valence-electron chi connectivity index (χ1n) is 7.88. The molecule has 0 aliphatic rings. The van der Waals surface area contributed by atoms with Crippen LogP contribution in [0, 0.1) is 0 Å². The van der Waals surface area contributed by atoms with Gasteiger partial charge in [-0.15, -0.1) is 0 Å². The van der Waals surface area contributed by atoms with Gasteiger partial charge in [-0.25, -0.2) is 0 Å². The maximum Gasteiger partial charge on any atom is 0.193 e. The van der Waals surface area contributed by atoms with Crippen LogP contribution >= 0.6 is 0 Å². The van der Waals surface area contributed by atoms with E-state index in [1.54, 1.807) is 0 Å². The van der Waals surface area contributed by atoms with E-state index in [-0.39, 0.29) is 5.78 Å². The molecule has 0 saturated carbocycles. The second-order valence-electron chi connectivity index (χ2n) is 5.84. The van der Waals surface area contributed by atoms with Gasteiger partial charge in [0.2, 0.25) is 0 Å². The number of hydrogen-bond donors (Lipinski definition) is 1. The average molecular weight is 316 g/mol. The summed E-state index contributed by atoms with van der Waals surface area (Å²) in [6.07, 6.45) is 0. The lowest BCUT2D eigenvalue weighted by atomic mass is 10.0. The summed E-state index contributed by atoms with van der Waals surface area (Å²) in [6, 6.07) is 25.1. The largest absolute Gasteiger partial charge is 0.378 e. The highest BCUT2D eigenvalue weighted by atomic mass is 16.1. The fourth-order valence-corrected chi connectivity index (χ4v) is 2.47. The number of ketones is 1. The molecule has 0 saturated heterocycles. The van der Waals surface area contributed by atoms with Crippen LogP contribution in [0.25, 0.3) is 0 Å². The van der Waals surface area contributed by atoms with Crippen LogP contribution in [0.5, 0.6) is 0 Å². The Morgan fingerprint density at radius 1 is 0.708 bits per heavy atom. The minimum atomic E-state index is 0.0393. The maximum absolute atomic E-state index is 12.4. The van der Waals surface area contributed by atoms with Gasteiger partial charge < -0.3 is 10.2 Å². The smallest absolute Gasteiger partial charge is 0.193 e. The first-order chi connectivity index (χ1) is 11.6. The van der Waals surface area contributed by atoms with Crippen molar-refractivity contribution in [3.63, 3.8) is 0 Å². The summed E-state index contributed by atoms with van der Waals surface area (Å²) in [5.41, 5.74) is 4.52. The van der Waals surface area contributed by atoms with Gasteiger partial charge >= 0.3 is 0 Å². The molecule has 0 aliphatic heterocycles. The number of anilines is 3. The van der Waals surface area contributed by atoms with Crippen LogP contribution in [-0.4, -0.2) is 19.9 Å². The number of benzene rings is 3. The SMILES string of the molecule is CN(C)c1ccc(Nc2ccc(C(=O)c3ccccc3)cc2)cc1. The number of nitrogens with one attached hydrogen (secondary N) is 1. The van der Waals surface area contributed by atoms with Crippen LogP contribution in [0.2, 0.25) is 0 Å². The molecule has 120 valence electrons. The third-order valence-corrected chi connectivity index (χ3v) is 3.86. The van der Waals surface area contributed by atoms with Crippen molar-refractivity contribution in [3.05, 3.63) is 90.0 Å². The van der Waals surface area contributed by atoms with Crippen LogP contribution in [0.15, 0.2) is 78.9 Å². The molecule has 0 radical (unpaired) electrons. The lowest BCUT2D eigenvalue weighted by molar-refractivity contribution is 0.103. The Bertz CT molecular complexity index is 807. The molecule has 3 heteroatoms. The van der Waals surface area contributed by atoms with E-state index < -0.39 is 0 Å². The number of nitrogens with zero attached hydrogens (tertiary/aromatic N) is 1. The van der Waals surface area contributed by atoms with Gasteiger partial charge in [0.1, 0.15) is 0 Å². The van der Waals surface area contributed by atoms with Crippen LogP contribution in [0.4, 0.5) is 17.1 Å². The van der Waals surface area contributed by atoms with E-state index in [1.807, 2.05) is 80.8 Å². The van der Waals surface area contributed by atoms with Crippen molar-refractivity contribution in [2.45, 2.75) is 0 Å². The first kappa shape index (κ1) is 15.8. The molecular formula is C21H20N2O. The fraction of sp³-hybridized carbons (Fsp3) is 0.0952. The van der Waals surface area contributed by atoms with E-state index in [2.05, 4.69) is 22.3 Å². The molecule has 0 aliphatic carbocycles. The lowest BCUT2D eigenvalue weighted by Gasteiger charge is -2.13. The summed E-state index contributed by atoms with van der Waals surface area (Å²) in [7, 11) is 4.04. The summed E-state index contributed by atoms with van der Waals surface area (Å²) in [6.45, 7) is 0. The van der Waals surface area contributed by atoms with Gasteiger partial charge in [0.05, 0.1) is 0 Å². The zero-order chi connectivity index (χ0) is 16.9. The minimum Gasteiger partial charge on any atom is -0.378 e. The number of rotatable bonds is 5. The fourth-order valence-electron chi connectivity index (χ4n) is 2.47. The highest BCUT2D eigenvalue weighted by Gasteiger charge is 2.08. The zero-order valence-corrected chi connectivity index (χ0v) is 13.9. The summed E-state index contributed by atoms with van der Waals surface area (Å²) >= 11 is 0. The van der Waals surface area contributed by atoms with Crippen molar-refractivity contribution in [1.29, 1.82) is 0 Å². The van der Waals surface area contributed by atoms with Crippen LogP contribution in [-0.2, 0) is 0 Å². The standard InChI is InChI=1S/C21H20N2O/c1-23(2)20-14-12-19(13-15-20)22-18-10-8-17(9-11-18)21(24)16-6-4-3-5-7-16/h3-15,22H,1-2H3. The molecule has 3 aromatic rings. The van der Waals surface area contributed by atoms with E-state index in [9.17, 15) is 4.79 Å². The summed E-state index contributed by atoms with van der Waals surface area (Å²) < 4.78 is 0. The molecule has 1 N–H and O–H groups in total. The molecule has 0 spiro atoms. The van der Waals surface area contributed by atoms with Crippen molar-refractivity contribution in [2.75, 3.05) is 24.3 Å². The van der Waals surface area contributed by atoms with Gasteiger partial charge in [0.15, 0.2) is 5.78 Å². The molecule has 0 bridgehead atoms. The van der Waals surface area contributed by atoms with E-state index >= 15 is 0 Å². The molecular weight excluding hydrogens is 296 g/mol. The van der Waals surface area contributed by atoms with Gasteiger partial charge in [-0.1, -0.05) is 30.3 Å². The van der Waals surface area contributed by atoms with E-state index in [1.165, 1.54) is 0 Å². The average Bonchev–Trinajstić information content (AvgIpc) is 2.63. The molecule has 3 nitrogen and oxygen atoms in total. The highest BCUT2D eigenvalue weighted by molar-refractivity contribution is 6.09. The molecule has 0 fully saturated rings. The molecule has 3 aromatic carbocycles. The van der Waals surface area contributed by atoms with Gasteiger partial charge in [-0.2, -0.15) is 0 Å². The third kappa shape index (κ3) is 3.63. The molecule has 0 aromatic heterocycles. The molecule has 0 amide bonds. The summed E-state index contributed by atoms with van der Waals surface area (Å²) in [5, 5.41) is 3.35. The van der Waals surface area contributed by atoms with Crippen molar-refractivity contribution < 1.29 is 4.79 Å². The highest BCUT2D eigenvalue weighted by Crippen LogP contribution is 2.21. The van der Waals surface area contributed by atoms with E-state index in [0.717, 1.165) is 17.1 Å². The summed E-state index contributed by atoms with van der Waals surface area (Å²) in [5.74, 6) is 0.0393. The Balaban J connectivity index is 1.71. The lowest BCUT2D eigenvalue weighted by Crippen LogP contribution is -2.08. The molecule has 3 rings (SSSR count). The predicted octanol–water partition coefficient (Wildman–Crippen LogP) is 4.73. The third-order valence-electron chi connectivity index (χ3n) is 3.86. The Labute approximate surface area is 142 Å². The van der Waals surface area contributed by atoms with Gasteiger partial charge in [-0.3, -0.25) is 4.79 Å². The second-order valence-corrected chi connectivity index (χ2v) is 5.84. The summed E-state index contributed by atoms with van der Waals surface area (Å²) in [4.78, 5) is 14.5. The van der Waals surface area contributed by atoms with Crippen molar-refractivity contribution in [3.8, 4) is 0 Å². The Hall–Kier alpha value is -3.07. The molecule has 0 unspecified atom stereocenters. The van der Waals surface area contributed by atoms with Crippen LogP contribution < -0.4 is 10.2 Å². The normalized spacial score (nSPS) is 10.2. The second kappa shape index (κ2) is 7.01. The topological polar surface area (TPSA) is 32.3 Å². The van der Waals surface area contributed by atoms with Crippen molar-refractivity contribution in [2.24, 2.45) is 0 Å². The Morgan fingerprint density at radius 3 is 1.75 bits per heavy atom. The van der Waals surface area contributed by atoms with Gasteiger partial charge in [-0.05, 0) is 48.5 Å². The predicted molar refractivity (Wildman–Crippen MR) is 100 cm³/mol. The van der Waals surface area contributed by atoms with Gasteiger partial charge in [0, 0.05) is 42.3 Å². The van der Waals surface area contributed by atoms with Crippen LogP contribution in [0.3, 0.4) is 0 Å². The van der Waals surface area contributed by atoms with Crippen LogP contribution in [0.1, 0.15) is 15.9 Å². The molecule has 0 atom stereocenters. The maximum atomic E-state index is 12.4. The molecule has 24 heavy (non-hydrogen) atoms.